The molecular formula is C10H6ClF2NO2. The Hall–Kier alpha value is -1.67. The highest BCUT2D eigenvalue weighted by Crippen LogP contribution is 2.28. The number of carboxylic acids is 1. The number of aromatic carboxylic acids is 1. The second-order valence-electron chi connectivity index (χ2n) is 2.96. The van der Waals surface area contributed by atoms with Crippen molar-refractivity contribution in [2.24, 2.45) is 0 Å². The van der Waals surface area contributed by atoms with Gasteiger partial charge < -0.3 is 5.11 Å². The number of rotatable bonds is 3. The molecule has 0 aliphatic heterocycles. The van der Waals surface area contributed by atoms with Crippen LogP contribution in [0.5, 0.6) is 0 Å². The lowest BCUT2D eigenvalue weighted by atomic mass is 9.99. The first kappa shape index (κ1) is 12.4. The molecular weight excluding hydrogens is 240 g/mol. The topological polar surface area (TPSA) is 61.1 Å². The van der Waals surface area contributed by atoms with E-state index in [1.54, 1.807) is 6.07 Å². The molecule has 1 aromatic carbocycles. The average molecular weight is 246 g/mol. The molecule has 0 unspecified atom stereocenters. The molecule has 0 aliphatic carbocycles. The van der Waals surface area contributed by atoms with Crippen molar-refractivity contribution in [2.75, 3.05) is 0 Å². The predicted molar refractivity (Wildman–Crippen MR) is 52.6 cm³/mol. The smallest absolute Gasteiger partial charge is 0.336 e. The Morgan fingerprint density at radius 3 is 2.56 bits per heavy atom. The maximum Gasteiger partial charge on any atom is 0.336 e. The average Bonchev–Trinajstić information content (AvgIpc) is 2.26. The molecule has 3 nitrogen and oxygen atoms in total. The van der Waals surface area contributed by atoms with Crippen LogP contribution in [0.15, 0.2) is 12.1 Å². The Balaban J connectivity index is 3.55. The minimum Gasteiger partial charge on any atom is -0.478 e. The summed E-state index contributed by atoms with van der Waals surface area (Å²) in [7, 11) is 0. The third kappa shape index (κ3) is 2.28. The van der Waals surface area contributed by atoms with Gasteiger partial charge in [-0.1, -0.05) is 0 Å². The Kier molecular flexibility index (Phi) is 3.80. The first-order valence-corrected chi connectivity index (χ1v) is 4.69. The van der Waals surface area contributed by atoms with E-state index in [4.69, 9.17) is 22.0 Å². The lowest BCUT2D eigenvalue weighted by Gasteiger charge is -2.09. The predicted octanol–water partition coefficient (Wildman–Crippen LogP) is 2.93. The Morgan fingerprint density at radius 1 is 1.56 bits per heavy atom. The summed E-state index contributed by atoms with van der Waals surface area (Å²) in [6.07, 6.45) is -3.01. The van der Waals surface area contributed by atoms with Crippen LogP contribution in [-0.4, -0.2) is 11.1 Å². The Morgan fingerprint density at radius 2 is 2.19 bits per heavy atom. The van der Waals surface area contributed by atoms with Crippen molar-refractivity contribution in [1.29, 1.82) is 5.26 Å². The van der Waals surface area contributed by atoms with Crippen molar-refractivity contribution < 1.29 is 18.7 Å². The summed E-state index contributed by atoms with van der Waals surface area (Å²) in [5, 5.41) is 17.4. The van der Waals surface area contributed by atoms with Gasteiger partial charge in [0.15, 0.2) is 0 Å². The van der Waals surface area contributed by atoms with Gasteiger partial charge in [-0.25, -0.2) is 13.6 Å². The molecule has 0 heterocycles. The summed E-state index contributed by atoms with van der Waals surface area (Å²) < 4.78 is 25.2. The van der Waals surface area contributed by atoms with E-state index in [1.165, 1.54) is 6.07 Å². The second kappa shape index (κ2) is 4.90. The number of alkyl halides is 3. The van der Waals surface area contributed by atoms with Gasteiger partial charge in [0.1, 0.15) is 0 Å². The van der Waals surface area contributed by atoms with E-state index in [9.17, 15) is 13.6 Å². The fraction of sp³-hybridized carbons (Fsp3) is 0.200. The highest BCUT2D eigenvalue weighted by atomic mass is 35.5. The molecule has 0 radical (unpaired) electrons. The minimum atomic E-state index is -3.01. The summed E-state index contributed by atoms with van der Waals surface area (Å²) in [6.45, 7) is 0. The number of benzene rings is 1. The maximum absolute atomic E-state index is 12.6. The standard InChI is InChI=1S/C10H6ClF2NO2/c11-3-5-1-6(4-14)8(9(12)13)7(2-5)10(15)16/h1-2,9H,3H2,(H,15,16). The molecule has 0 spiro atoms. The fourth-order valence-electron chi connectivity index (χ4n) is 1.29. The van der Waals surface area contributed by atoms with E-state index in [0.717, 1.165) is 6.07 Å². The number of hydrogen-bond acceptors (Lipinski definition) is 2. The largest absolute Gasteiger partial charge is 0.478 e. The van der Waals surface area contributed by atoms with Gasteiger partial charge in [-0.05, 0) is 17.7 Å². The van der Waals surface area contributed by atoms with Gasteiger partial charge in [-0.2, -0.15) is 5.26 Å². The maximum atomic E-state index is 12.6. The zero-order valence-corrected chi connectivity index (χ0v) is 8.63. The zero-order chi connectivity index (χ0) is 12.3. The molecule has 0 saturated heterocycles. The second-order valence-corrected chi connectivity index (χ2v) is 3.22. The number of halogens is 3. The first-order valence-electron chi connectivity index (χ1n) is 4.15. The fourth-order valence-corrected chi connectivity index (χ4v) is 1.45. The van der Waals surface area contributed by atoms with Gasteiger partial charge in [0.2, 0.25) is 0 Å². The first-order chi connectivity index (χ1) is 7.51. The van der Waals surface area contributed by atoms with Crippen LogP contribution in [0.3, 0.4) is 0 Å². The molecule has 0 bridgehead atoms. The monoisotopic (exact) mass is 245 g/mol. The van der Waals surface area contributed by atoms with E-state index in [0.29, 0.717) is 5.56 Å². The summed E-state index contributed by atoms with van der Waals surface area (Å²) in [5.41, 5.74) is -1.38. The van der Waals surface area contributed by atoms with Crippen LogP contribution in [0.25, 0.3) is 0 Å². The van der Waals surface area contributed by atoms with Crippen molar-refractivity contribution >= 4 is 17.6 Å². The van der Waals surface area contributed by atoms with Gasteiger partial charge in [0.25, 0.3) is 6.43 Å². The third-order valence-electron chi connectivity index (χ3n) is 1.96. The number of hydrogen-bond donors (Lipinski definition) is 1. The summed E-state index contributed by atoms with van der Waals surface area (Å²) in [6, 6.07) is 3.77. The lowest BCUT2D eigenvalue weighted by Crippen LogP contribution is -2.06. The van der Waals surface area contributed by atoms with Crippen molar-refractivity contribution in [3.63, 3.8) is 0 Å². The minimum absolute atomic E-state index is 0.0432. The van der Waals surface area contributed by atoms with E-state index < -0.39 is 23.5 Å². The number of nitriles is 1. The molecule has 16 heavy (non-hydrogen) atoms. The Labute approximate surface area is 94.9 Å². The van der Waals surface area contributed by atoms with Crippen LogP contribution in [0.1, 0.15) is 33.5 Å². The van der Waals surface area contributed by atoms with Crippen LogP contribution >= 0.6 is 11.6 Å². The van der Waals surface area contributed by atoms with Crippen molar-refractivity contribution in [3.8, 4) is 6.07 Å². The molecule has 1 N–H and O–H groups in total. The molecule has 0 aromatic heterocycles. The summed E-state index contributed by atoms with van der Waals surface area (Å²) in [5.74, 6) is -1.54. The van der Waals surface area contributed by atoms with E-state index in [-0.39, 0.29) is 11.4 Å². The molecule has 0 saturated carbocycles. The van der Waals surface area contributed by atoms with Crippen molar-refractivity contribution in [3.05, 3.63) is 34.4 Å². The van der Waals surface area contributed by atoms with E-state index >= 15 is 0 Å². The van der Waals surface area contributed by atoms with Crippen molar-refractivity contribution in [1.82, 2.24) is 0 Å². The summed E-state index contributed by atoms with van der Waals surface area (Å²) >= 11 is 5.47. The molecule has 0 amide bonds. The van der Waals surface area contributed by atoms with Crippen LogP contribution in [0.2, 0.25) is 0 Å². The molecule has 1 aromatic rings. The SMILES string of the molecule is N#Cc1cc(CCl)cc(C(=O)O)c1C(F)F. The van der Waals surface area contributed by atoms with Crippen LogP contribution in [0.4, 0.5) is 8.78 Å². The normalized spacial score (nSPS) is 10.2. The molecule has 1 rings (SSSR count). The van der Waals surface area contributed by atoms with E-state index in [2.05, 4.69) is 0 Å². The van der Waals surface area contributed by atoms with Gasteiger partial charge in [0.05, 0.1) is 17.2 Å². The van der Waals surface area contributed by atoms with Crippen LogP contribution in [-0.2, 0) is 5.88 Å². The zero-order valence-electron chi connectivity index (χ0n) is 7.88. The number of carbonyl (C=O) groups is 1. The summed E-state index contributed by atoms with van der Waals surface area (Å²) in [4.78, 5) is 10.8. The highest BCUT2D eigenvalue weighted by molar-refractivity contribution is 6.17. The van der Waals surface area contributed by atoms with E-state index in [1.807, 2.05) is 0 Å². The molecule has 0 atom stereocenters. The molecule has 0 aliphatic rings. The van der Waals surface area contributed by atoms with Gasteiger partial charge in [0, 0.05) is 11.4 Å². The Bertz CT molecular complexity index is 469. The molecule has 0 fully saturated rings. The lowest BCUT2D eigenvalue weighted by molar-refractivity contribution is 0.0684. The quantitative estimate of drug-likeness (QED) is 0.833. The molecule has 6 heteroatoms. The van der Waals surface area contributed by atoms with Gasteiger partial charge >= 0.3 is 5.97 Å². The number of nitrogens with zero attached hydrogens (tertiary/aromatic N) is 1. The number of carboxylic acid groups (broad SMARTS) is 1. The van der Waals surface area contributed by atoms with Crippen molar-refractivity contribution in [2.45, 2.75) is 12.3 Å². The van der Waals surface area contributed by atoms with Gasteiger partial charge in [-0.15, -0.1) is 11.6 Å². The van der Waals surface area contributed by atoms with Crippen LogP contribution < -0.4 is 0 Å². The van der Waals surface area contributed by atoms with Gasteiger partial charge in [-0.3, -0.25) is 0 Å². The third-order valence-corrected chi connectivity index (χ3v) is 2.27. The van der Waals surface area contributed by atoms with Crippen LogP contribution in [0, 0.1) is 11.3 Å². The highest BCUT2D eigenvalue weighted by Gasteiger charge is 2.22. The molecule has 84 valence electrons.